The smallest absolute Gasteiger partial charge is 0.379 e. The predicted molar refractivity (Wildman–Crippen MR) is 101 cm³/mol. The molecule has 0 spiro atoms. The summed E-state index contributed by atoms with van der Waals surface area (Å²) in [5.41, 5.74) is 7.43. The molecule has 0 unspecified atom stereocenters. The van der Waals surface area contributed by atoms with Crippen LogP contribution in [0.5, 0.6) is 5.75 Å². The number of nitrogen functional groups attached to an aromatic ring is 1. The molecule has 0 aliphatic carbocycles. The predicted octanol–water partition coefficient (Wildman–Crippen LogP) is 3.30. The maximum atomic E-state index is 12.4. The second-order valence-electron chi connectivity index (χ2n) is 6.21. The van der Waals surface area contributed by atoms with Gasteiger partial charge in [-0.1, -0.05) is 0 Å². The van der Waals surface area contributed by atoms with Crippen LogP contribution in [0, 0.1) is 0 Å². The molecule has 3 rings (SSSR count). The van der Waals surface area contributed by atoms with Crippen molar-refractivity contribution in [3.63, 3.8) is 0 Å². The molecule has 0 radical (unpaired) electrons. The number of thioether (sulfide) groups is 1. The number of nitrogens with zero attached hydrogens (tertiary/aromatic N) is 1. The summed E-state index contributed by atoms with van der Waals surface area (Å²) in [4.78, 5) is 27.3. The first-order valence-electron chi connectivity index (χ1n) is 8.40. The molecular weight excluding hydrogens is 340 g/mol. The van der Waals surface area contributed by atoms with Crippen LogP contribution in [0.3, 0.4) is 0 Å². The Morgan fingerprint density at radius 1 is 1.48 bits per heavy atom. The summed E-state index contributed by atoms with van der Waals surface area (Å²) < 4.78 is 11.0. The maximum Gasteiger partial charge on any atom is 0.379 e. The highest BCUT2D eigenvalue weighted by molar-refractivity contribution is 7.99. The first kappa shape index (κ1) is 17.7. The van der Waals surface area contributed by atoms with E-state index < -0.39 is 5.63 Å². The van der Waals surface area contributed by atoms with Crippen LogP contribution in [-0.4, -0.2) is 31.2 Å². The minimum absolute atomic E-state index is 0.0529. The summed E-state index contributed by atoms with van der Waals surface area (Å²) >= 11 is 1.70. The van der Waals surface area contributed by atoms with Gasteiger partial charge < -0.3 is 19.8 Å². The first-order valence-corrected chi connectivity index (χ1v) is 9.39. The molecule has 7 heteroatoms. The molecule has 2 heterocycles. The lowest BCUT2D eigenvalue weighted by Crippen LogP contribution is -2.25. The van der Waals surface area contributed by atoms with Gasteiger partial charge in [-0.15, -0.1) is 11.8 Å². The molecule has 1 aromatic carbocycles. The zero-order valence-electron chi connectivity index (χ0n) is 14.6. The number of nitrogens with two attached hydrogens (primary N) is 1. The number of carbonyl (C=O) groups excluding carboxylic acids is 1. The Balaban J connectivity index is 2.36. The minimum Gasteiger partial charge on any atom is -0.483 e. The highest BCUT2D eigenvalue weighted by Gasteiger charge is 2.25. The van der Waals surface area contributed by atoms with E-state index in [0.717, 1.165) is 35.8 Å². The van der Waals surface area contributed by atoms with Crippen LogP contribution in [0.15, 0.2) is 20.2 Å². The molecule has 6 nitrogen and oxygen atoms in total. The quantitative estimate of drug-likeness (QED) is 0.507. The molecule has 0 saturated heterocycles. The molecule has 0 saturated carbocycles. The van der Waals surface area contributed by atoms with E-state index in [1.54, 1.807) is 25.6 Å². The van der Waals surface area contributed by atoms with Crippen LogP contribution in [0.25, 0.3) is 11.0 Å². The molecule has 134 valence electrons. The average Bonchev–Trinajstić information content (AvgIpc) is 2.78. The highest BCUT2D eigenvalue weighted by atomic mass is 32.2. The molecule has 25 heavy (non-hydrogen) atoms. The fourth-order valence-electron chi connectivity index (χ4n) is 3.10. The van der Waals surface area contributed by atoms with E-state index in [1.165, 1.54) is 0 Å². The number of anilines is 2. The molecule has 1 aromatic heterocycles. The SMILES string of the molecule is CCN1CCCSc2cc3c(C=O)c(OC(C)C)c(=O)oc3c(N)c21. The van der Waals surface area contributed by atoms with Crippen molar-refractivity contribution >= 4 is 40.4 Å². The van der Waals surface area contributed by atoms with Crippen molar-refractivity contribution in [1.29, 1.82) is 0 Å². The van der Waals surface area contributed by atoms with Crippen molar-refractivity contribution in [2.75, 3.05) is 29.5 Å². The largest absolute Gasteiger partial charge is 0.483 e. The average molecular weight is 362 g/mol. The Labute approximate surface area is 150 Å². The third kappa shape index (κ3) is 3.08. The van der Waals surface area contributed by atoms with Crippen molar-refractivity contribution in [1.82, 2.24) is 0 Å². The van der Waals surface area contributed by atoms with Crippen LogP contribution in [0.1, 0.15) is 37.6 Å². The van der Waals surface area contributed by atoms with Gasteiger partial charge in [-0.3, -0.25) is 4.79 Å². The summed E-state index contributed by atoms with van der Waals surface area (Å²) in [6.45, 7) is 7.35. The highest BCUT2D eigenvalue weighted by Crippen LogP contribution is 2.43. The zero-order valence-corrected chi connectivity index (χ0v) is 15.4. The topological polar surface area (TPSA) is 85.8 Å². The van der Waals surface area contributed by atoms with Crippen molar-refractivity contribution in [3.8, 4) is 5.75 Å². The second kappa shape index (κ2) is 7.00. The number of benzene rings is 1. The number of aldehydes is 1. The van der Waals surface area contributed by atoms with Crippen molar-refractivity contribution < 1.29 is 13.9 Å². The van der Waals surface area contributed by atoms with Crippen LogP contribution < -0.4 is 21.0 Å². The number of fused-ring (bicyclic) bond motifs is 2. The Morgan fingerprint density at radius 2 is 2.24 bits per heavy atom. The van der Waals surface area contributed by atoms with Gasteiger partial charge >= 0.3 is 5.63 Å². The van der Waals surface area contributed by atoms with Gasteiger partial charge in [0.1, 0.15) is 5.69 Å². The fraction of sp³-hybridized carbons (Fsp3) is 0.444. The summed E-state index contributed by atoms with van der Waals surface area (Å²) in [6.07, 6.45) is 1.43. The monoisotopic (exact) mass is 362 g/mol. The molecular formula is C18H22N2O4S. The Morgan fingerprint density at radius 3 is 2.88 bits per heavy atom. The van der Waals surface area contributed by atoms with Crippen molar-refractivity contribution in [2.24, 2.45) is 0 Å². The fourth-order valence-corrected chi connectivity index (χ4v) is 4.17. The van der Waals surface area contributed by atoms with Gasteiger partial charge in [0.2, 0.25) is 5.75 Å². The molecule has 0 amide bonds. The molecule has 0 fully saturated rings. The van der Waals surface area contributed by atoms with Gasteiger partial charge in [-0.05, 0) is 39.0 Å². The molecule has 2 N–H and O–H groups in total. The number of ether oxygens (including phenoxy) is 1. The van der Waals surface area contributed by atoms with E-state index >= 15 is 0 Å². The second-order valence-corrected chi connectivity index (χ2v) is 7.35. The van der Waals surface area contributed by atoms with Crippen LogP contribution in [0.4, 0.5) is 11.4 Å². The van der Waals surface area contributed by atoms with E-state index in [2.05, 4.69) is 11.8 Å². The lowest BCUT2D eigenvalue weighted by Gasteiger charge is -2.25. The number of hydrogen-bond acceptors (Lipinski definition) is 7. The lowest BCUT2D eigenvalue weighted by atomic mass is 10.1. The van der Waals surface area contributed by atoms with E-state index in [9.17, 15) is 9.59 Å². The Hall–Kier alpha value is -2.15. The van der Waals surface area contributed by atoms with Crippen molar-refractivity contribution in [2.45, 2.75) is 38.2 Å². The molecule has 2 aromatic rings. The van der Waals surface area contributed by atoms with Gasteiger partial charge in [0, 0.05) is 23.4 Å². The molecule has 0 atom stereocenters. The van der Waals surface area contributed by atoms with Crippen LogP contribution in [0.2, 0.25) is 0 Å². The third-order valence-electron chi connectivity index (χ3n) is 4.17. The maximum absolute atomic E-state index is 12.4. The number of carbonyl (C=O) groups is 1. The standard InChI is InChI=1S/C18H22N2O4S/c1-4-20-6-5-7-25-13-8-11-12(9-21)17(23-10(2)3)18(22)24-16(11)14(19)15(13)20/h8-10H,4-7,19H2,1-3H3. The summed E-state index contributed by atoms with van der Waals surface area (Å²) in [6, 6.07) is 1.89. The van der Waals surface area contributed by atoms with E-state index in [0.29, 0.717) is 17.4 Å². The Kier molecular flexibility index (Phi) is 4.94. The summed E-state index contributed by atoms with van der Waals surface area (Å²) in [7, 11) is 0. The van der Waals surface area contributed by atoms with Gasteiger partial charge in [-0.2, -0.15) is 0 Å². The van der Waals surface area contributed by atoms with Gasteiger partial charge in [0.05, 0.1) is 17.4 Å². The van der Waals surface area contributed by atoms with Crippen LogP contribution in [-0.2, 0) is 0 Å². The van der Waals surface area contributed by atoms with Crippen molar-refractivity contribution in [3.05, 3.63) is 22.0 Å². The summed E-state index contributed by atoms with van der Waals surface area (Å²) in [5.74, 6) is 0.916. The molecule has 1 aliphatic rings. The zero-order chi connectivity index (χ0) is 18.1. The van der Waals surface area contributed by atoms with Crippen LogP contribution >= 0.6 is 11.8 Å². The number of rotatable bonds is 4. The van der Waals surface area contributed by atoms with Gasteiger partial charge in [-0.25, -0.2) is 4.79 Å². The van der Waals surface area contributed by atoms with Gasteiger partial charge in [0.25, 0.3) is 0 Å². The molecule has 0 bridgehead atoms. The normalized spacial score (nSPS) is 14.5. The van der Waals surface area contributed by atoms with E-state index in [-0.39, 0.29) is 23.0 Å². The van der Waals surface area contributed by atoms with E-state index in [1.807, 2.05) is 6.07 Å². The van der Waals surface area contributed by atoms with Gasteiger partial charge in [0.15, 0.2) is 11.9 Å². The lowest BCUT2D eigenvalue weighted by molar-refractivity contribution is 0.111. The minimum atomic E-state index is -0.681. The number of hydrogen-bond donors (Lipinski definition) is 1. The Bertz CT molecular complexity index is 876. The molecule has 1 aliphatic heterocycles. The first-order chi connectivity index (χ1) is 12.0. The third-order valence-corrected chi connectivity index (χ3v) is 5.28. The summed E-state index contributed by atoms with van der Waals surface area (Å²) in [5, 5.41) is 0.520. The van der Waals surface area contributed by atoms with E-state index in [4.69, 9.17) is 14.9 Å².